The van der Waals surface area contributed by atoms with E-state index >= 15 is 0 Å². The summed E-state index contributed by atoms with van der Waals surface area (Å²) in [5.41, 5.74) is 2.11. The molecule has 0 aliphatic heterocycles. The zero-order chi connectivity index (χ0) is 16.1. The van der Waals surface area contributed by atoms with E-state index in [0.717, 1.165) is 32.1 Å². The third-order valence-electron chi connectivity index (χ3n) is 4.98. The van der Waals surface area contributed by atoms with Crippen molar-refractivity contribution >= 4 is 5.91 Å². The molecule has 0 radical (unpaired) electrons. The predicted octanol–water partition coefficient (Wildman–Crippen LogP) is 4.25. The molecule has 23 heavy (non-hydrogen) atoms. The summed E-state index contributed by atoms with van der Waals surface area (Å²) in [6, 6.07) is 20.8. The summed E-state index contributed by atoms with van der Waals surface area (Å²) in [4.78, 5) is 13.1. The lowest BCUT2D eigenvalue weighted by molar-refractivity contribution is -0.127. The molecular formula is C21H25NO. The monoisotopic (exact) mass is 307 g/mol. The van der Waals surface area contributed by atoms with E-state index in [1.165, 1.54) is 11.1 Å². The van der Waals surface area contributed by atoms with Crippen LogP contribution in [0.3, 0.4) is 0 Å². The van der Waals surface area contributed by atoms with Gasteiger partial charge in [0, 0.05) is 6.04 Å². The van der Waals surface area contributed by atoms with Gasteiger partial charge in [0.1, 0.15) is 0 Å². The fraction of sp³-hybridized carbons (Fsp3) is 0.381. The normalized spacial score (nSPS) is 17.6. The standard InChI is InChI=1S/C21H25NO/c1-17(16-18-10-4-2-5-11-18)22-20(23)21(14-8-9-15-21)19-12-6-3-7-13-19/h2-7,10-13,17H,8-9,14-16H2,1H3,(H,22,23)/t17-/m1/s1. The Morgan fingerprint density at radius 3 is 2.17 bits per heavy atom. The maximum atomic E-state index is 13.1. The van der Waals surface area contributed by atoms with Gasteiger partial charge >= 0.3 is 0 Å². The predicted molar refractivity (Wildman–Crippen MR) is 94.3 cm³/mol. The first kappa shape index (κ1) is 15.8. The molecule has 1 aliphatic rings. The second kappa shape index (κ2) is 6.99. The topological polar surface area (TPSA) is 29.1 Å². The van der Waals surface area contributed by atoms with Gasteiger partial charge in [-0.3, -0.25) is 4.79 Å². The highest BCUT2D eigenvalue weighted by molar-refractivity contribution is 5.88. The zero-order valence-electron chi connectivity index (χ0n) is 13.8. The van der Waals surface area contributed by atoms with Gasteiger partial charge in [-0.1, -0.05) is 73.5 Å². The first-order chi connectivity index (χ1) is 11.2. The van der Waals surface area contributed by atoms with Gasteiger partial charge in [-0.15, -0.1) is 0 Å². The number of benzene rings is 2. The Labute approximate surface area is 138 Å². The fourth-order valence-electron chi connectivity index (χ4n) is 3.76. The Balaban J connectivity index is 1.72. The zero-order valence-corrected chi connectivity index (χ0v) is 13.8. The molecule has 2 heteroatoms. The molecule has 1 N–H and O–H groups in total. The average molecular weight is 307 g/mol. The maximum absolute atomic E-state index is 13.1. The van der Waals surface area contributed by atoms with Crippen molar-refractivity contribution in [2.24, 2.45) is 0 Å². The summed E-state index contributed by atoms with van der Waals surface area (Å²) in [7, 11) is 0. The van der Waals surface area contributed by atoms with Gasteiger partial charge in [-0.25, -0.2) is 0 Å². The minimum absolute atomic E-state index is 0.145. The van der Waals surface area contributed by atoms with Crippen LogP contribution < -0.4 is 5.32 Å². The molecule has 0 spiro atoms. The van der Waals surface area contributed by atoms with Crippen LogP contribution in [0, 0.1) is 0 Å². The van der Waals surface area contributed by atoms with Crippen LogP contribution in [0.25, 0.3) is 0 Å². The smallest absolute Gasteiger partial charge is 0.230 e. The first-order valence-electron chi connectivity index (χ1n) is 8.61. The van der Waals surface area contributed by atoms with E-state index in [0.29, 0.717) is 0 Å². The number of nitrogens with one attached hydrogen (secondary N) is 1. The van der Waals surface area contributed by atoms with Gasteiger partial charge in [-0.05, 0) is 37.3 Å². The molecule has 1 atom stereocenters. The average Bonchev–Trinajstić information content (AvgIpc) is 3.07. The minimum Gasteiger partial charge on any atom is -0.353 e. The quantitative estimate of drug-likeness (QED) is 0.879. The van der Waals surface area contributed by atoms with Crippen LogP contribution in [-0.4, -0.2) is 11.9 Å². The third kappa shape index (κ3) is 3.47. The minimum atomic E-state index is -0.327. The van der Waals surface area contributed by atoms with Crippen LogP contribution in [0.1, 0.15) is 43.7 Å². The second-order valence-electron chi connectivity index (χ2n) is 6.72. The lowest BCUT2D eigenvalue weighted by Crippen LogP contribution is -2.46. The van der Waals surface area contributed by atoms with E-state index in [1.54, 1.807) is 0 Å². The van der Waals surface area contributed by atoms with Gasteiger partial charge in [0.25, 0.3) is 0 Å². The van der Waals surface area contributed by atoms with Crippen molar-refractivity contribution in [2.45, 2.75) is 50.5 Å². The highest BCUT2D eigenvalue weighted by atomic mass is 16.2. The number of amides is 1. The molecule has 2 aromatic rings. The molecular weight excluding hydrogens is 282 g/mol. The van der Waals surface area contributed by atoms with E-state index in [2.05, 4.69) is 36.5 Å². The summed E-state index contributed by atoms with van der Waals surface area (Å²) < 4.78 is 0. The van der Waals surface area contributed by atoms with Gasteiger partial charge in [0.15, 0.2) is 0 Å². The van der Waals surface area contributed by atoms with Crippen molar-refractivity contribution in [1.29, 1.82) is 0 Å². The van der Waals surface area contributed by atoms with Crippen LogP contribution in [0.5, 0.6) is 0 Å². The van der Waals surface area contributed by atoms with E-state index in [-0.39, 0.29) is 17.4 Å². The van der Waals surface area contributed by atoms with Crippen molar-refractivity contribution in [1.82, 2.24) is 5.32 Å². The van der Waals surface area contributed by atoms with Crippen molar-refractivity contribution in [3.05, 3.63) is 71.8 Å². The summed E-state index contributed by atoms with van der Waals surface area (Å²) >= 11 is 0. The van der Waals surface area contributed by atoms with Gasteiger partial charge in [-0.2, -0.15) is 0 Å². The lowest BCUT2D eigenvalue weighted by atomic mass is 9.78. The number of hydrogen-bond acceptors (Lipinski definition) is 1. The molecule has 0 saturated heterocycles. The summed E-state index contributed by atoms with van der Waals surface area (Å²) in [6.45, 7) is 2.10. The molecule has 1 amide bonds. The Bertz CT molecular complexity index is 629. The molecule has 0 heterocycles. The van der Waals surface area contributed by atoms with Crippen molar-refractivity contribution in [2.75, 3.05) is 0 Å². The number of rotatable bonds is 5. The Hall–Kier alpha value is -2.09. The Morgan fingerprint density at radius 2 is 1.57 bits per heavy atom. The first-order valence-corrected chi connectivity index (χ1v) is 8.61. The summed E-state index contributed by atoms with van der Waals surface area (Å²) in [5.74, 6) is 0.199. The van der Waals surface area contributed by atoms with Crippen LogP contribution in [0.2, 0.25) is 0 Å². The lowest BCUT2D eigenvalue weighted by Gasteiger charge is -2.30. The van der Waals surface area contributed by atoms with Crippen LogP contribution in [-0.2, 0) is 16.6 Å². The number of carbonyl (C=O) groups is 1. The molecule has 120 valence electrons. The van der Waals surface area contributed by atoms with Crippen molar-refractivity contribution in [3.8, 4) is 0 Å². The highest BCUT2D eigenvalue weighted by Gasteiger charge is 2.42. The Morgan fingerprint density at radius 1 is 1.00 bits per heavy atom. The van der Waals surface area contributed by atoms with Gasteiger partial charge in [0.2, 0.25) is 5.91 Å². The van der Waals surface area contributed by atoms with Crippen molar-refractivity contribution in [3.63, 3.8) is 0 Å². The molecule has 0 bridgehead atoms. The fourth-order valence-corrected chi connectivity index (χ4v) is 3.76. The van der Waals surface area contributed by atoms with Crippen LogP contribution in [0.4, 0.5) is 0 Å². The summed E-state index contributed by atoms with van der Waals surface area (Å²) in [6.07, 6.45) is 5.06. The summed E-state index contributed by atoms with van der Waals surface area (Å²) in [5, 5.41) is 3.27. The van der Waals surface area contributed by atoms with E-state index in [4.69, 9.17) is 0 Å². The maximum Gasteiger partial charge on any atom is 0.230 e. The second-order valence-corrected chi connectivity index (χ2v) is 6.72. The highest BCUT2D eigenvalue weighted by Crippen LogP contribution is 2.41. The largest absolute Gasteiger partial charge is 0.353 e. The molecule has 0 aromatic heterocycles. The Kier molecular flexibility index (Phi) is 4.80. The molecule has 0 unspecified atom stereocenters. The number of carbonyl (C=O) groups excluding carboxylic acids is 1. The molecule has 2 aromatic carbocycles. The number of hydrogen-bond donors (Lipinski definition) is 1. The molecule has 3 rings (SSSR count). The van der Waals surface area contributed by atoms with Gasteiger partial charge < -0.3 is 5.32 Å². The molecule has 1 aliphatic carbocycles. The van der Waals surface area contributed by atoms with Crippen molar-refractivity contribution < 1.29 is 4.79 Å². The molecule has 2 nitrogen and oxygen atoms in total. The van der Waals surface area contributed by atoms with E-state index < -0.39 is 0 Å². The molecule has 1 fully saturated rings. The van der Waals surface area contributed by atoms with E-state index in [1.807, 2.05) is 36.4 Å². The van der Waals surface area contributed by atoms with Crippen LogP contribution >= 0.6 is 0 Å². The van der Waals surface area contributed by atoms with E-state index in [9.17, 15) is 4.79 Å². The molecule has 1 saturated carbocycles. The van der Waals surface area contributed by atoms with Crippen LogP contribution in [0.15, 0.2) is 60.7 Å². The van der Waals surface area contributed by atoms with Gasteiger partial charge in [0.05, 0.1) is 5.41 Å². The third-order valence-corrected chi connectivity index (χ3v) is 4.98. The SMILES string of the molecule is C[C@H](Cc1ccccc1)NC(=O)C1(c2ccccc2)CCCC1.